The van der Waals surface area contributed by atoms with Crippen molar-refractivity contribution in [1.29, 1.82) is 0 Å². The van der Waals surface area contributed by atoms with Gasteiger partial charge in [-0.05, 0) is 38.4 Å². The minimum Gasteiger partial charge on any atom is -0.370 e. The van der Waals surface area contributed by atoms with Gasteiger partial charge in [0.1, 0.15) is 0 Å². The average molecular weight is 286 g/mol. The molecule has 1 atom stereocenters. The Balaban J connectivity index is 2.18. The van der Waals surface area contributed by atoms with Gasteiger partial charge in [-0.1, -0.05) is 18.6 Å². The number of halogens is 3. The molecule has 1 aromatic rings. The summed E-state index contributed by atoms with van der Waals surface area (Å²) in [4.78, 5) is 1.83. The van der Waals surface area contributed by atoms with Gasteiger partial charge in [-0.3, -0.25) is 0 Å². The molecule has 0 bridgehead atoms. The van der Waals surface area contributed by atoms with Crippen LogP contribution in [0.2, 0.25) is 0 Å². The molecule has 112 valence electrons. The van der Waals surface area contributed by atoms with Gasteiger partial charge in [-0.25, -0.2) is 0 Å². The highest BCUT2D eigenvalue weighted by Gasteiger charge is 2.34. The lowest BCUT2D eigenvalue weighted by molar-refractivity contribution is -0.137. The Morgan fingerprint density at radius 3 is 2.60 bits per heavy atom. The summed E-state index contributed by atoms with van der Waals surface area (Å²) in [5, 5.41) is 3.39. The number of alkyl halides is 3. The summed E-state index contributed by atoms with van der Waals surface area (Å²) in [5.74, 6) is 0. The van der Waals surface area contributed by atoms with Gasteiger partial charge in [-0.2, -0.15) is 13.2 Å². The fourth-order valence-electron chi connectivity index (χ4n) is 2.73. The van der Waals surface area contributed by atoms with Gasteiger partial charge in [0.2, 0.25) is 0 Å². The molecule has 1 N–H and O–H groups in total. The van der Waals surface area contributed by atoms with Crippen molar-refractivity contribution in [3.8, 4) is 0 Å². The molecule has 1 aromatic carbocycles. The zero-order valence-corrected chi connectivity index (χ0v) is 11.7. The third-order valence-corrected chi connectivity index (χ3v) is 3.79. The van der Waals surface area contributed by atoms with E-state index >= 15 is 0 Å². The van der Waals surface area contributed by atoms with Crippen LogP contribution in [-0.2, 0) is 6.18 Å². The Morgan fingerprint density at radius 2 is 2.00 bits per heavy atom. The number of hydrogen-bond acceptors (Lipinski definition) is 2. The Hall–Kier alpha value is -1.23. The van der Waals surface area contributed by atoms with E-state index in [4.69, 9.17) is 0 Å². The van der Waals surface area contributed by atoms with E-state index in [1.54, 1.807) is 12.1 Å². The van der Waals surface area contributed by atoms with Gasteiger partial charge in [0.25, 0.3) is 0 Å². The second-order valence-electron chi connectivity index (χ2n) is 5.20. The third-order valence-electron chi connectivity index (χ3n) is 3.79. The molecule has 1 fully saturated rings. The number of para-hydroxylation sites is 1. The smallest absolute Gasteiger partial charge is 0.370 e. The second-order valence-corrected chi connectivity index (χ2v) is 5.20. The number of likely N-dealkylation sites (N-methyl/N-ethyl adjacent to an activating group) is 1. The summed E-state index contributed by atoms with van der Waals surface area (Å²) in [7, 11) is 0. The van der Waals surface area contributed by atoms with Crippen molar-refractivity contribution in [2.24, 2.45) is 0 Å². The summed E-state index contributed by atoms with van der Waals surface area (Å²) in [6, 6.07) is 6.12. The number of anilines is 1. The Labute approximate surface area is 118 Å². The van der Waals surface area contributed by atoms with Gasteiger partial charge >= 0.3 is 6.18 Å². The molecule has 0 saturated carbocycles. The maximum absolute atomic E-state index is 13.1. The number of hydrogen-bond donors (Lipinski definition) is 1. The number of piperidine rings is 1. The summed E-state index contributed by atoms with van der Waals surface area (Å²) < 4.78 is 39.2. The first-order valence-electron chi connectivity index (χ1n) is 7.17. The topological polar surface area (TPSA) is 15.3 Å². The molecule has 0 aliphatic carbocycles. The van der Waals surface area contributed by atoms with Crippen LogP contribution >= 0.6 is 0 Å². The fourth-order valence-corrected chi connectivity index (χ4v) is 2.73. The van der Waals surface area contributed by atoms with Crippen LogP contribution in [0, 0.1) is 0 Å². The van der Waals surface area contributed by atoms with E-state index in [-0.39, 0.29) is 11.7 Å². The standard InChI is InChI=1S/C15H21F3N2/c1-2-20(11-12-7-5-6-10-19-12)14-9-4-3-8-13(14)15(16,17)18/h3-4,8-9,12,19H,2,5-7,10-11H2,1H3. The molecule has 0 spiro atoms. The van der Waals surface area contributed by atoms with E-state index in [0.717, 1.165) is 31.9 Å². The van der Waals surface area contributed by atoms with E-state index in [9.17, 15) is 13.2 Å². The van der Waals surface area contributed by atoms with Crippen molar-refractivity contribution in [3.63, 3.8) is 0 Å². The highest BCUT2D eigenvalue weighted by Crippen LogP contribution is 2.36. The lowest BCUT2D eigenvalue weighted by Crippen LogP contribution is -2.44. The van der Waals surface area contributed by atoms with Crippen LogP contribution < -0.4 is 10.2 Å². The van der Waals surface area contributed by atoms with Crippen molar-refractivity contribution in [2.45, 2.75) is 38.4 Å². The number of nitrogens with zero attached hydrogens (tertiary/aromatic N) is 1. The van der Waals surface area contributed by atoms with Crippen LogP contribution in [0.15, 0.2) is 24.3 Å². The van der Waals surface area contributed by atoms with Crippen LogP contribution in [0.3, 0.4) is 0 Å². The van der Waals surface area contributed by atoms with E-state index in [2.05, 4.69) is 5.32 Å². The molecule has 0 amide bonds. The van der Waals surface area contributed by atoms with Crippen molar-refractivity contribution < 1.29 is 13.2 Å². The van der Waals surface area contributed by atoms with Crippen LogP contribution in [0.5, 0.6) is 0 Å². The summed E-state index contributed by atoms with van der Waals surface area (Å²) in [6.45, 7) is 4.06. The SMILES string of the molecule is CCN(CC1CCCCN1)c1ccccc1C(F)(F)F. The molecular weight excluding hydrogens is 265 g/mol. The lowest BCUT2D eigenvalue weighted by atomic mass is 10.0. The molecule has 2 rings (SSSR count). The molecule has 2 nitrogen and oxygen atoms in total. The van der Waals surface area contributed by atoms with E-state index < -0.39 is 11.7 Å². The zero-order chi connectivity index (χ0) is 14.6. The van der Waals surface area contributed by atoms with Gasteiger partial charge in [0.05, 0.1) is 5.56 Å². The van der Waals surface area contributed by atoms with Gasteiger partial charge in [0.15, 0.2) is 0 Å². The summed E-state index contributed by atoms with van der Waals surface area (Å²) in [6.07, 6.45) is -0.966. The van der Waals surface area contributed by atoms with E-state index in [0.29, 0.717) is 13.1 Å². The molecule has 0 radical (unpaired) electrons. The Morgan fingerprint density at radius 1 is 1.25 bits per heavy atom. The number of nitrogens with one attached hydrogen (secondary N) is 1. The maximum Gasteiger partial charge on any atom is 0.418 e. The third kappa shape index (κ3) is 3.66. The zero-order valence-electron chi connectivity index (χ0n) is 11.7. The van der Waals surface area contributed by atoms with Crippen molar-refractivity contribution in [2.75, 3.05) is 24.5 Å². The number of benzene rings is 1. The Kier molecular flexibility index (Phi) is 4.91. The molecule has 0 aromatic heterocycles. The summed E-state index contributed by atoms with van der Waals surface area (Å²) in [5.41, 5.74) is -0.257. The highest BCUT2D eigenvalue weighted by atomic mass is 19.4. The summed E-state index contributed by atoms with van der Waals surface area (Å²) >= 11 is 0. The molecule has 1 aliphatic rings. The van der Waals surface area contributed by atoms with E-state index in [1.165, 1.54) is 6.07 Å². The molecule has 1 heterocycles. The Bertz CT molecular complexity index is 425. The first-order chi connectivity index (χ1) is 9.52. The van der Waals surface area contributed by atoms with Gasteiger partial charge in [-0.15, -0.1) is 0 Å². The first-order valence-corrected chi connectivity index (χ1v) is 7.17. The molecule has 1 aliphatic heterocycles. The van der Waals surface area contributed by atoms with Gasteiger partial charge < -0.3 is 10.2 Å². The maximum atomic E-state index is 13.1. The average Bonchev–Trinajstić information content (AvgIpc) is 2.45. The predicted octanol–water partition coefficient (Wildman–Crippen LogP) is 3.67. The second kappa shape index (κ2) is 6.48. The van der Waals surface area contributed by atoms with Gasteiger partial charge in [0, 0.05) is 24.8 Å². The highest BCUT2D eigenvalue weighted by molar-refractivity contribution is 5.55. The van der Waals surface area contributed by atoms with Crippen LogP contribution in [0.4, 0.5) is 18.9 Å². The quantitative estimate of drug-likeness (QED) is 0.908. The van der Waals surface area contributed by atoms with E-state index in [1.807, 2.05) is 11.8 Å². The molecular formula is C15H21F3N2. The number of rotatable bonds is 4. The van der Waals surface area contributed by atoms with Crippen molar-refractivity contribution in [1.82, 2.24) is 5.32 Å². The molecule has 1 saturated heterocycles. The largest absolute Gasteiger partial charge is 0.418 e. The first kappa shape index (κ1) is 15.2. The fraction of sp³-hybridized carbons (Fsp3) is 0.600. The minimum absolute atomic E-state index is 0.282. The van der Waals surface area contributed by atoms with Crippen molar-refractivity contribution >= 4 is 5.69 Å². The molecule has 5 heteroatoms. The lowest BCUT2D eigenvalue weighted by Gasteiger charge is -2.32. The van der Waals surface area contributed by atoms with Crippen molar-refractivity contribution in [3.05, 3.63) is 29.8 Å². The van der Waals surface area contributed by atoms with Crippen LogP contribution in [0.25, 0.3) is 0 Å². The molecule has 1 unspecified atom stereocenters. The predicted molar refractivity (Wildman–Crippen MR) is 75.0 cm³/mol. The molecule has 20 heavy (non-hydrogen) atoms. The van der Waals surface area contributed by atoms with Crippen LogP contribution in [0.1, 0.15) is 31.7 Å². The normalized spacial score (nSPS) is 19.9. The minimum atomic E-state index is -4.30. The monoisotopic (exact) mass is 286 g/mol. The van der Waals surface area contributed by atoms with Crippen LogP contribution in [-0.4, -0.2) is 25.7 Å².